The van der Waals surface area contributed by atoms with Gasteiger partial charge >= 0.3 is 13.3 Å². The Labute approximate surface area is 88.6 Å². The predicted octanol–water partition coefficient (Wildman–Crippen LogP) is -0.516. The highest BCUT2D eigenvalue weighted by atomic mass is 19.4. The van der Waals surface area contributed by atoms with Gasteiger partial charge in [-0.3, -0.25) is 4.79 Å². The van der Waals surface area contributed by atoms with Crippen molar-refractivity contribution in [3.05, 3.63) is 29.3 Å². The monoisotopic (exact) mass is 233 g/mol. The molecule has 86 valence electrons. The molecule has 0 aliphatic rings. The maximum Gasteiger partial charge on any atom is 0.488 e. The van der Waals surface area contributed by atoms with Gasteiger partial charge in [-0.2, -0.15) is 13.2 Å². The van der Waals surface area contributed by atoms with Crippen LogP contribution in [-0.2, 0) is 6.18 Å². The minimum absolute atomic E-state index is 0.364. The van der Waals surface area contributed by atoms with Gasteiger partial charge in [0.2, 0.25) is 5.91 Å². The fraction of sp³-hybridized carbons (Fsp3) is 0.125. The number of carbonyl (C=O) groups is 1. The Kier molecular flexibility index (Phi) is 3.25. The number of hydrogen-bond donors (Lipinski definition) is 3. The molecule has 0 aliphatic carbocycles. The Morgan fingerprint density at radius 1 is 1.31 bits per heavy atom. The van der Waals surface area contributed by atoms with Gasteiger partial charge in [-0.15, -0.1) is 0 Å². The van der Waals surface area contributed by atoms with Gasteiger partial charge in [-0.1, -0.05) is 6.07 Å². The minimum Gasteiger partial charge on any atom is -0.423 e. The lowest BCUT2D eigenvalue weighted by atomic mass is 9.78. The van der Waals surface area contributed by atoms with Gasteiger partial charge in [-0.25, -0.2) is 0 Å². The normalized spacial score (nSPS) is 11.3. The van der Waals surface area contributed by atoms with Crippen molar-refractivity contribution in [2.45, 2.75) is 6.18 Å². The molecule has 4 nitrogen and oxygen atoms in total. The van der Waals surface area contributed by atoms with Crippen molar-refractivity contribution in [2.75, 3.05) is 0 Å². The molecule has 0 spiro atoms. The van der Waals surface area contributed by atoms with E-state index in [9.17, 15) is 18.0 Å². The van der Waals surface area contributed by atoms with Crippen LogP contribution in [0.5, 0.6) is 0 Å². The largest absolute Gasteiger partial charge is 0.488 e. The molecule has 8 heteroatoms. The van der Waals surface area contributed by atoms with Crippen LogP contribution in [0.25, 0.3) is 0 Å². The van der Waals surface area contributed by atoms with E-state index < -0.39 is 30.3 Å². The molecule has 0 saturated carbocycles. The molecule has 1 rings (SSSR count). The SMILES string of the molecule is NC(=O)c1ccc(B(O)O)cc1C(F)(F)F. The van der Waals surface area contributed by atoms with Crippen LogP contribution in [0.4, 0.5) is 13.2 Å². The van der Waals surface area contributed by atoms with E-state index in [-0.39, 0.29) is 5.46 Å². The molecule has 0 radical (unpaired) electrons. The summed E-state index contributed by atoms with van der Waals surface area (Å²) in [5, 5.41) is 17.4. The molecule has 4 N–H and O–H groups in total. The first-order valence-electron chi connectivity index (χ1n) is 4.10. The highest BCUT2D eigenvalue weighted by Crippen LogP contribution is 2.31. The highest BCUT2D eigenvalue weighted by Gasteiger charge is 2.35. The van der Waals surface area contributed by atoms with Crippen molar-refractivity contribution in [3.63, 3.8) is 0 Å². The number of benzene rings is 1. The van der Waals surface area contributed by atoms with Crippen LogP contribution >= 0.6 is 0 Å². The smallest absolute Gasteiger partial charge is 0.423 e. The van der Waals surface area contributed by atoms with Gasteiger partial charge in [0.15, 0.2) is 0 Å². The number of primary amides is 1. The van der Waals surface area contributed by atoms with Crippen molar-refractivity contribution in [1.29, 1.82) is 0 Å². The van der Waals surface area contributed by atoms with Gasteiger partial charge in [0.1, 0.15) is 0 Å². The average molecular weight is 233 g/mol. The van der Waals surface area contributed by atoms with Crippen LogP contribution in [-0.4, -0.2) is 23.1 Å². The Hall–Kier alpha value is -1.54. The standard InChI is InChI=1S/C8H7BF3NO3/c10-8(11,12)6-3-4(9(15)16)1-2-5(6)7(13)14/h1-3,15-16H,(H2,13,14). The van der Waals surface area contributed by atoms with E-state index in [1.165, 1.54) is 0 Å². The molecule has 0 atom stereocenters. The highest BCUT2D eigenvalue weighted by molar-refractivity contribution is 6.58. The van der Waals surface area contributed by atoms with E-state index in [1.807, 2.05) is 0 Å². The Balaban J connectivity index is 3.39. The summed E-state index contributed by atoms with van der Waals surface area (Å²) in [5.74, 6) is -1.23. The molecule has 1 aromatic carbocycles. The van der Waals surface area contributed by atoms with Crippen molar-refractivity contribution in [1.82, 2.24) is 0 Å². The zero-order valence-electron chi connectivity index (χ0n) is 7.82. The number of rotatable bonds is 2. The van der Waals surface area contributed by atoms with Gasteiger partial charge in [0, 0.05) is 0 Å². The topological polar surface area (TPSA) is 83.6 Å². The van der Waals surface area contributed by atoms with Crippen LogP contribution in [0.1, 0.15) is 15.9 Å². The molecule has 0 fully saturated rings. The first-order chi connectivity index (χ1) is 7.23. The van der Waals surface area contributed by atoms with Gasteiger partial charge in [0.05, 0.1) is 11.1 Å². The zero-order chi connectivity index (χ0) is 12.5. The van der Waals surface area contributed by atoms with Crippen molar-refractivity contribution >= 4 is 18.5 Å². The summed E-state index contributed by atoms with van der Waals surface area (Å²) in [6, 6.07) is 2.27. The van der Waals surface area contributed by atoms with E-state index in [4.69, 9.17) is 15.8 Å². The van der Waals surface area contributed by atoms with Gasteiger partial charge in [0.25, 0.3) is 0 Å². The summed E-state index contributed by atoms with van der Waals surface area (Å²) in [7, 11) is -2.04. The van der Waals surface area contributed by atoms with Crippen molar-refractivity contribution in [2.24, 2.45) is 5.73 Å². The first-order valence-corrected chi connectivity index (χ1v) is 4.10. The van der Waals surface area contributed by atoms with Gasteiger partial charge in [-0.05, 0) is 17.6 Å². The molecular formula is C8H7BF3NO3. The summed E-state index contributed by atoms with van der Waals surface area (Å²) in [6.07, 6.45) is -4.78. The van der Waals surface area contributed by atoms with Crippen LogP contribution in [0.15, 0.2) is 18.2 Å². The van der Waals surface area contributed by atoms with E-state index in [0.29, 0.717) is 6.07 Å². The number of nitrogens with two attached hydrogens (primary N) is 1. The number of carbonyl (C=O) groups excluding carboxylic acids is 1. The predicted molar refractivity (Wildman–Crippen MR) is 49.8 cm³/mol. The second-order valence-corrected chi connectivity index (χ2v) is 3.04. The second-order valence-electron chi connectivity index (χ2n) is 3.04. The summed E-state index contributed by atoms with van der Waals surface area (Å²) in [6.45, 7) is 0. The molecule has 1 amide bonds. The summed E-state index contributed by atoms with van der Waals surface area (Å²) in [4.78, 5) is 10.7. The maximum absolute atomic E-state index is 12.5. The number of amides is 1. The molecule has 0 heterocycles. The maximum atomic E-state index is 12.5. The molecule has 0 bridgehead atoms. The first kappa shape index (κ1) is 12.5. The lowest BCUT2D eigenvalue weighted by Crippen LogP contribution is -2.32. The number of hydrogen-bond acceptors (Lipinski definition) is 3. The van der Waals surface area contributed by atoms with Crippen LogP contribution < -0.4 is 11.2 Å². The molecular weight excluding hydrogens is 226 g/mol. The van der Waals surface area contributed by atoms with Crippen LogP contribution in [0.3, 0.4) is 0 Å². The molecule has 1 aromatic rings. The van der Waals surface area contributed by atoms with E-state index in [0.717, 1.165) is 12.1 Å². The quantitative estimate of drug-likeness (QED) is 0.601. The fourth-order valence-corrected chi connectivity index (χ4v) is 1.17. The third-order valence-corrected chi connectivity index (χ3v) is 1.91. The second kappa shape index (κ2) is 4.15. The lowest BCUT2D eigenvalue weighted by molar-refractivity contribution is -0.137. The molecule has 0 aromatic heterocycles. The molecule has 0 saturated heterocycles. The van der Waals surface area contributed by atoms with Gasteiger partial charge < -0.3 is 15.8 Å². The van der Waals surface area contributed by atoms with E-state index in [2.05, 4.69) is 0 Å². The van der Waals surface area contributed by atoms with Crippen LogP contribution in [0.2, 0.25) is 0 Å². The molecule has 16 heavy (non-hydrogen) atoms. The lowest BCUT2D eigenvalue weighted by Gasteiger charge is -2.12. The summed E-state index contributed by atoms with van der Waals surface area (Å²) >= 11 is 0. The molecule has 0 aliphatic heterocycles. The van der Waals surface area contributed by atoms with Crippen molar-refractivity contribution < 1.29 is 28.0 Å². The Bertz CT molecular complexity index is 419. The van der Waals surface area contributed by atoms with Crippen LogP contribution in [0, 0.1) is 0 Å². The molecule has 0 unspecified atom stereocenters. The number of halogens is 3. The van der Waals surface area contributed by atoms with E-state index in [1.54, 1.807) is 0 Å². The van der Waals surface area contributed by atoms with E-state index >= 15 is 0 Å². The summed E-state index contributed by atoms with van der Waals surface area (Å²) in [5.41, 5.74) is 2.41. The van der Waals surface area contributed by atoms with Crippen molar-refractivity contribution in [3.8, 4) is 0 Å². The third-order valence-electron chi connectivity index (χ3n) is 1.91. The zero-order valence-corrected chi connectivity index (χ0v) is 7.82. The average Bonchev–Trinajstić information content (AvgIpc) is 2.15. The minimum atomic E-state index is -4.78. The summed E-state index contributed by atoms with van der Waals surface area (Å²) < 4.78 is 37.4. The third kappa shape index (κ3) is 2.53. The fourth-order valence-electron chi connectivity index (χ4n) is 1.17. The Morgan fingerprint density at radius 3 is 2.25 bits per heavy atom. The number of alkyl halides is 3. The Morgan fingerprint density at radius 2 is 1.88 bits per heavy atom.